The number of aromatic carboxylic acids is 1. The van der Waals surface area contributed by atoms with Gasteiger partial charge < -0.3 is 20.3 Å². The molecule has 0 amide bonds. The van der Waals surface area contributed by atoms with Crippen molar-refractivity contribution < 1.29 is 19.4 Å². The van der Waals surface area contributed by atoms with E-state index in [1.807, 2.05) is 12.1 Å². The highest BCUT2D eigenvalue weighted by Gasteiger charge is 2.10. The second kappa shape index (κ2) is 5.52. The van der Waals surface area contributed by atoms with Crippen molar-refractivity contribution in [2.75, 3.05) is 20.0 Å². The maximum absolute atomic E-state index is 10.9. The Labute approximate surface area is 116 Å². The van der Waals surface area contributed by atoms with E-state index in [4.69, 9.17) is 20.3 Å². The molecule has 104 valence electrons. The van der Waals surface area contributed by atoms with Gasteiger partial charge in [0.15, 0.2) is 11.5 Å². The number of hydrogen-bond donors (Lipinski definition) is 2. The van der Waals surface area contributed by atoms with E-state index < -0.39 is 5.97 Å². The van der Waals surface area contributed by atoms with Crippen molar-refractivity contribution in [3.63, 3.8) is 0 Å². The molecule has 0 fully saturated rings. The standard InChI is InChI=1S/C15H15NO4/c1-19-13-6-4-10(8-14(13)20-2)9-3-5-11(15(17)18)12(16)7-9/h3-8H,16H2,1-2H3,(H,17,18). The predicted octanol–water partition coefficient (Wildman–Crippen LogP) is 2.65. The van der Waals surface area contributed by atoms with Crippen LogP contribution in [-0.4, -0.2) is 25.3 Å². The average Bonchev–Trinajstić information content (AvgIpc) is 2.45. The van der Waals surface area contributed by atoms with Crippen LogP contribution in [0.5, 0.6) is 11.5 Å². The topological polar surface area (TPSA) is 81.8 Å². The second-order valence-corrected chi connectivity index (χ2v) is 4.18. The van der Waals surface area contributed by atoms with E-state index in [1.54, 1.807) is 32.4 Å². The minimum atomic E-state index is -1.04. The van der Waals surface area contributed by atoms with Crippen LogP contribution in [0.15, 0.2) is 36.4 Å². The van der Waals surface area contributed by atoms with Crippen molar-refractivity contribution in [1.29, 1.82) is 0 Å². The fraction of sp³-hybridized carbons (Fsp3) is 0.133. The molecule has 0 aliphatic carbocycles. The van der Waals surface area contributed by atoms with Crippen molar-refractivity contribution in [2.24, 2.45) is 0 Å². The van der Waals surface area contributed by atoms with Crippen LogP contribution in [0, 0.1) is 0 Å². The van der Waals surface area contributed by atoms with Crippen LogP contribution in [0.3, 0.4) is 0 Å². The molecule has 5 nitrogen and oxygen atoms in total. The number of nitrogens with two attached hydrogens (primary N) is 1. The van der Waals surface area contributed by atoms with Crippen LogP contribution >= 0.6 is 0 Å². The highest BCUT2D eigenvalue weighted by molar-refractivity contribution is 5.94. The quantitative estimate of drug-likeness (QED) is 0.837. The normalized spacial score (nSPS) is 10.1. The molecular formula is C15H15NO4. The molecule has 0 atom stereocenters. The first-order valence-electron chi connectivity index (χ1n) is 5.92. The molecule has 0 bridgehead atoms. The summed E-state index contributed by atoms with van der Waals surface area (Å²) in [4.78, 5) is 10.9. The minimum Gasteiger partial charge on any atom is -0.493 e. The van der Waals surface area contributed by atoms with Gasteiger partial charge in [0.05, 0.1) is 19.8 Å². The Kier molecular flexibility index (Phi) is 3.79. The zero-order chi connectivity index (χ0) is 14.7. The molecular weight excluding hydrogens is 258 g/mol. The average molecular weight is 273 g/mol. The van der Waals surface area contributed by atoms with E-state index >= 15 is 0 Å². The molecule has 2 aromatic carbocycles. The van der Waals surface area contributed by atoms with Gasteiger partial charge in [-0.05, 0) is 35.4 Å². The van der Waals surface area contributed by atoms with Crippen LogP contribution in [0.4, 0.5) is 5.69 Å². The van der Waals surface area contributed by atoms with Gasteiger partial charge in [-0.15, -0.1) is 0 Å². The summed E-state index contributed by atoms with van der Waals surface area (Å²) in [5.74, 6) is 0.193. The molecule has 0 aliphatic heterocycles. The minimum absolute atomic E-state index is 0.0919. The Morgan fingerprint density at radius 3 is 2.15 bits per heavy atom. The van der Waals surface area contributed by atoms with Gasteiger partial charge >= 0.3 is 5.97 Å². The maximum atomic E-state index is 10.9. The Bertz CT molecular complexity index is 652. The number of methoxy groups -OCH3 is 2. The molecule has 0 aromatic heterocycles. The van der Waals surface area contributed by atoms with Crippen molar-refractivity contribution in [2.45, 2.75) is 0 Å². The lowest BCUT2D eigenvalue weighted by Crippen LogP contribution is -2.02. The lowest BCUT2D eigenvalue weighted by Gasteiger charge is -2.10. The van der Waals surface area contributed by atoms with Crippen LogP contribution in [-0.2, 0) is 0 Å². The Balaban J connectivity index is 2.46. The number of carboxylic acids is 1. The van der Waals surface area contributed by atoms with Gasteiger partial charge in [-0.1, -0.05) is 12.1 Å². The molecule has 0 spiro atoms. The van der Waals surface area contributed by atoms with E-state index in [-0.39, 0.29) is 11.3 Å². The second-order valence-electron chi connectivity index (χ2n) is 4.18. The summed E-state index contributed by atoms with van der Waals surface area (Å²) in [5.41, 5.74) is 7.75. The van der Waals surface area contributed by atoms with Gasteiger partial charge in [-0.2, -0.15) is 0 Å². The van der Waals surface area contributed by atoms with Crippen LogP contribution < -0.4 is 15.2 Å². The maximum Gasteiger partial charge on any atom is 0.337 e. The third-order valence-corrected chi connectivity index (χ3v) is 3.00. The van der Waals surface area contributed by atoms with E-state index in [2.05, 4.69) is 0 Å². The monoisotopic (exact) mass is 273 g/mol. The Morgan fingerprint density at radius 1 is 1.00 bits per heavy atom. The van der Waals surface area contributed by atoms with Crippen LogP contribution in [0.1, 0.15) is 10.4 Å². The van der Waals surface area contributed by atoms with Crippen molar-refractivity contribution in [3.05, 3.63) is 42.0 Å². The molecule has 5 heteroatoms. The zero-order valence-electron chi connectivity index (χ0n) is 11.2. The molecule has 2 rings (SSSR count). The number of nitrogen functional groups attached to an aromatic ring is 1. The summed E-state index contributed by atoms with van der Waals surface area (Å²) in [5, 5.41) is 8.96. The first kappa shape index (κ1) is 13.7. The first-order valence-corrected chi connectivity index (χ1v) is 5.92. The lowest BCUT2D eigenvalue weighted by atomic mass is 10.0. The molecule has 3 N–H and O–H groups in total. The number of hydrogen-bond acceptors (Lipinski definition) is 4. The highest BCUT2D eigenvalue weighted by Crippen LogP contribution is 2.33. The van der Waals surface area contributed by atoms with E-state index in [0.29, 0.717) is 11.5 Å². The summed E-state index contributed by atoms with van der Waals surface area (Å²) < 4.78 is 10.4. The van der Waals surface area contributed by atoms with Gasteiger partial charge in [0, 0.05) is 5.69 Å². The third kappa shape index (κ3) is 2.51. The highest BCUT2D eigenvalue weighted by atomic mass is 16.5. The van der Waals surface area contributed by atoms with Gasteiger partial charge in [0.25, 0.3) is 0 Å². The first-order chi connectivity index (χ1) is 9.56. The van der Waals surface area contributed by atoms with Crippen molar-refractivity contribution in [3.8, 4) is 22.6 Å². The van der Waals surface area contributed by atoms with Gasteiger partial charge in [-0.3, -0.25) is 0 Å². The van der Waals surface area contributed by atoms with Gasteiger partial charge in [0.2, 0.25) is 0 Å². The van der Waals surface area contributed by atoms with Gasteiger partial charge in [-0.25, -0.2) is 4.79 Å². The van der Waals surface area contributed by atoms with Gasteiger partial charge in [0.1, 0.15) is 0 Å². The van der Waals surface area contributed by atoms with Crippen molar-refractivity contribution in [1.82, 2.24) is 0 Å². The smallest absolute Gasteiger partial charge is 0.337 e. The molecule has 2 aromatic rings. The molecule has 20 heavy (non-hydrogen) atoms. The van der Waals surface area contributed by atoms with E-state index in [1.165, 1.54) is 6.07 Å². The fourth-order valence-corrected chi connectivity index (χ4v) is 1.95. The SMILES string of the molecule is COc1ccc(-c2ccc(C(=O)O)c(N)c2)cc1OC. The van der Waals surface area contributed by atoms with E-state index in [0.717, 1.165) is 11.1 Å². The van der Waals surface area contributed by atoms with Crippen LogP contribution in [0.2, 0.25) is 0 Å². The third-order valence-electron chi connectivity index (χ3n) is 3.00. The molecule has 0 aliphatic rings. The summed E-state index contributed by atoms with van der Waals surface area (Å²) >= 11 is 0. The predicted molar refractivity (Wildman–Crippen MR) is 76.4 cm³/mol. The number of carbonyl (C=O) groups is 1. The number of ether oxygens (including phenoxy) is 2. The fourth-order valence-electron chi connectivity index (χ4n) is 1.95. The number of rotatable bonds is 4. The number of benzene rings is 2. The summed E-state index contributed by atoms with van der Waals surface area (Å²) in [7, 11) is 3.13. The molecule has 0 saturated heterocycles. The van der Waals surface area contributed by atoms with E-state index in [9.17, 15) is 4.79 Å². The van der Waals surface area contributed by atoms with Crippen molar-refractivity contribution >= 4 is 11.7 Å². The number of anilines is 1. The van der Waals surface area contributed by atoms with Crippen LogP contribution in [0.25, 0.3) is 11.1 Å². The summed E-state index contributed by atoms with van der Waals surface area (Å²) in [6, 6.07) is 10.3. The summed E-state index contributed by atoms with van der Waals surface area (Å²) in [6.07, 6.45) is 0. The zero-order valence-corrected chi connectivity index (χ0v) is 11.2. The molecule has 0 unspecified atom stereocenters. The largest absolute Gasteiger partial charge is 0.493 e. The molecule has 0 saturated carbocycles. The molecule has 0 heterocycles. The Morgan fingerprint density at radius 2 is 1.60 bits per heavy atom. The summed E-state index contributed by atoms with van der Waals surface area (Å²) in [6.45, 7) is 0. The lowest BCUT2D eigenvalue weighted by molar-refractivity contribution is 0.0698. The number of carboxylic acid groups (broad SMARTS) is 1. The molecule has 0 radical (unpaired) electrons. The Hall–Kier alpha value is -2.69.